The first-order valence-electron chi connectivity index (χ1n) is 8.26. The van der Waals surface area contributed by atoms with Gasteiger partial charge in [-0.15, -0.1) is 0 Å². The van der Waals surface area contributed by atoms with Gasteiger partial charge in [0.25, 0.3) is 0 Å². The molecule has 0 bridgehead atoms. The van der Waals surface area contributed by atoms with Gasteiger partial charge in [0.05, 0.1) is 0 Å². The number of carbonyl (C=O) groups is 1. The first-order chi connectivity index (χ1) is 11.1. The molecule has 0 aliphatic rings. The minimum atomic E-state index is 0.0154. The number of carbonyl (C=O) groups excluding carboxylic acids is 1. The molecule has 0 spiro atoms. The zero-order chi connectivity index (χ0) is 16.7. The van der Waals surface area contributed by atoms with Gasteiger partial charge in [-0.3, -0.25) is 0 Å². The highest BCUT2D eigenvalue weighted by Crippen LogP contribution is 2.20. The monoisotopic (exact) mass is 313 g/mol. The van der Waals surface area contributed by atoms with Crippen molar-refractivity contribution >= 4 is 16.8 Å². The van der Waals surface area contributed by atoms with E-state index in [9.17, 15) is 4.79 Å². The molecule has 1 N–H and O–H groups in total. The summed E-state index contributed by atoms with van der Waals surface area (Å²) in [6.07, 6.45) is 0.946. The molecule has 0 aliphatic carbocycles. The summed E-state index contributed by atoms with van der Waals surface area (Å²) < 4.78 is 0. The molecule has 0 saturated heterocycles. The fourth-order valence-corrected chi connectivity index (χ4v) is 2.55. The molecule has 0 radical (unpaired) electrons. The van der Waals surface area contributed by atoms with Gasteiger partial charge < -0.3 is 15.1 Å². The first kappa shape index (κ1) is 17.3. The maximum Gasteiger partial charge on any atom is 0.317 e. The van der Waals surface area contributed by atoms with Gasteiger partial charge in [-0.2, -0.15) is 0 Å². The van der Waals surface area contributed by atoms with Gasteiger partial charge in [-0.05, 0) is 36.9 Å². The van der Waals surface area contributed by atoms with Crippen LogP contribution in [0.3, 0.4) is 0 Å². The highest BCUT2D eigenvalue weighted by atomic mass is 16.2. The number of nitrogens with one attached hydrogen (secondary N) is 1. The number of amides is 2. The van der Waals surface area contributed by atoms with Crippen LogP contribution in [0.2, 0.25) is 0 Å². The molecule has 0 heterocycles. The Bertz CT molecular complexity index is 634. The SMILES string of the molecule is CCCNC(=O)N(CCN(C)C)Cc1cccc2ccccc12. The lowest BCUT2D eigenvalue weighted by atomic mass is 10.0. The molecule has 2 rings (SSSR count). The molecule has 2 aromatic rings. The van der Waals surface area contributed by atoms with Crippen LogP contribution in [-0.2, 0) is 6.54 Å². The van der Waals surface area contributed by atoms with Crippen LogP contribution in [0.1, 0.15) is 18.9 Å². The Morgan fingerprint density at radius 1 is 1.04 bits per heavy atom. The summed E-state index contributed by atoms with van der Waals surface area (Å²) in [5.41, 5.74) is 1.19. The summed E-state index contributed by atoms with van der Waals surface area (Å²) in [5.74, 6) is 0. The van der Waals surface area contributed by atoms with Crippen LogP contribution in [0, 0.1) is 0 Å². The summed E-state index contributed by atoms with van der Waals surface area (Å²) in [6.45, 7) is 4.98. The number of benzene rings is 2. The van der Waals surface area contributed by atoms with Crippen LogP contribution in [-0.4, -0.2) is 49.6 Å². The summed E-state index contributed by atoms with van der Waals surface area (Å²) in [5, 5.41) is 5.42. The van der Waals surface area contributed by atoms with Crippen molar-refractivity contribution in [3.05, 3.63) is 48.0 Å². The summed E-state index contributed by atoms with van der Waals surface area (Å²) in [6, 6.07) is 14.6. The summed E-state index contributed by atoms with van der Waals surface area (Å²) >= 11 is 0. The highest BCUT2D eigenvalue weighted by Gasteiger charge is 2.14. The van der Waals surface area contributed by atoms with E-state index in [0.717, 1.165) is 13.0 Å². The minimum absolute atomic E-state index is 0.0154. The molecule has 4 heteroatoms. The maximum atomic E-state index is 12.5. The average molecular weight is 313 g/mol. The molecule has 0 fully saturated rings. The van der Waals surface area contributed by atoms with Gasteiger partial charge in [-0.25, -0.2) is 4.79 Å². The van der Waals surface area contributed by atoms with Gasteiger partial charge >= 0.3 is 6.03 Å². The molecule has 2 aromatic carbocycles. The molecule has 0 atom stereocenters. The zero-order valence-electron chi connectivity index (χ0n) is 14.4. The van der Waals surface area contributed by atoms with E-state index in [0.29, 0.717) is 19.6 Å². The highest BCUT2D eigenvalue weighted by molar-refractivity contribution is 5.86. The van der Waals surface area contributed by atoms with E-state index in [1.807, 2.05) is 31.1 Å². The van der Waals surface area contributed by atoms with Crippen LogP contribution < -0.4 is 5.32 Å². The molecule has 23 heavy (non-hydrogen) atoms. The quantitative estimate of drug-likeness (QED) is 0.851. The number of nitrogens with zero attached hydrogens (tertiary/aromatic N) is 2. The zero-order valence-corrected chi connectivity index (χ0v) is 14.4. The van der Waals surface area contributed by atoms with Crippen molar-refractivity contribution in [2.45, 2.75) is 19.9 Å². The fourth-order valence-electron chi connectivity index (χ4n) is 2.55. The third kappa shape index (κ3) is 4.96. The first-order valence-corrected chi connectivity index (χ1v) is 8.26. The van der Waals surface area contributed by atoms with E-state index in [2.05, 4.69) is 47.5 Å². The number of hydrogen-bond donors (Lipinski definition) is 1. The Hall–Kier alpha value is -2.07. The van der Waals surface area contributed by atoms with E-state index >= 15 is 0 Å². The summed E-state index contributed by atoms with van der Waals surface area (Å²) in [4.78, 5) is 16.5. The molecule has 0 aromatic heterocycles. The predicted molar refractivity (Wildman–Crippen MR) is 96.6 cm³/mol. The van der Waals surface area contributed by atoms with Gasteiger partial charge in [0, 0.05) is 26.2 Å². The normalized spacial score (nSPS) is 11.0. The largest absolute Gasteiger partial charge is 0.338 e. The molecule has 0 aliphatic heterocycles. The Kier molecular flexibility index (Phi) is 6.41. The van der Waals surface area contributed by atoms with Crippen molar-refractivity contribution in [3.8, 4) is 0 Å². The van der Waals surface area contributed by atoms with Crippen molar-refractivity contribution in [1.82, 2.24) is 15.1 Å². The van der Waals surface area contributed by atoms with Crippen LogP contribution in [0.5, 0.6) is 0 Å². The molecule has 0 saturated carbocycles. The molecular weight excluding hydrogens is 286 g/mol. The fraction of sp³-hybridized carbons (Fsp3) is 0.421. The minimum Gasteiger partial charge on any atom is -0.338 e. The molecule has 0 unspecified atom stereocenters. The van der Waals surface area contributed by atoms with Crippen LogP contribution in [0.4, 0.5) is 4.79 Å². The molecule has 2 amide bonds. The lowest BCUT2D eigenvalue weighted by Gasteiger charge is -2.25. The number of likely N-dealkylation sites (N-methyl/N-ethyl adjacent to an activating group) is 1. The van der Waals surface area contributed by atoms with Crippen molar-refractivity contribution in [2.24, 2.45) is 0 Å². The van der Waals surface area contributed by atoms with E-state index < -0.39 is 0 Å². The number of rotatable bonds is 7. The third-order valence-corrected chi connectivity index (χ3v) is 3.87. The molecule has 124 valence electrons. The standard InChI is InChI=1S/C19H27N3O/c1-4-12-20-19(23)22(14-13-21(2)3)15-17-10-7-9-16-8-5-6-11-18(16)17/h5-11H,4,12-15H2,1-3H3,(H,20,23). The van der Waals surface area contributed by atoms with Crippen molar-refractivity contribution in [2.75, 3.05) is 33.7 Å². The van der Waals surface area contributed by atoms with Gasteiger partial charge in [0.15, 0.2) is 0 Å². The number of urea groups is 1. The van der Waals surface area contributed by atoms with Crippen molar-refractivity contribution in [3.63, 3.8) is 0 Å². The smallest absolute Gasteiger partial charge is 0.317 e. The van der Waals surface area contributed by atoms with Crippen molar-refractivity contribution in [1.29, 1.82) is 0 Å². The number of hydrogen-bond acceptors (Lipinski definition) is 2. The average Bonchev–Trinajstić information content (AvgIpc) is 2.56. The molecule has 4 nitrogen and oxygen atoms in total. The number of fused-ring (bicyclic) bond motifs is 1. The van der Waals surface area contributed by atoms with E-state index in [-0.39, 0.29) is 6.03 Å². The van der Waals surface area contributed by atoms with Gasteiger partial charge in [0.1, 0.15) is 0 Å². The maximum absolute atomic E-state index is 12.5. The predicted octanol–water partition coefficient (Wildman–Crippen LogP) is 3.32. The Morgan fingerprint density at radius 3 is 2.52 bits per heavy atom. The van der Waals surface area contributed by atoms with Gasteiger partial charge in [0.2, 0.25) is 0 Å². The lowest BCUT2D eigenvalue weighted by Crippen LogP contribution is -2.42. The van der Waals surface area contributed by atoms with E-state index in [1.54, 1.807) is 0 Å². The second kappa shape index (κ2) is 8.53. The van der Waals surface area contributed by atoms with Crippen LogP contribution >= 0.6 is 0 Å². The topological polar surface area (TPSA) is 35.6 Å². The van der Waals surface area contributed by atoms with E-state index in [4.69, 9.17) is 0 Å². The van der Waals surface area contributed by atoms with E-state index in [1.165, 1.54) is 16.3 Å². The van der Waals surface area contributed by atoms with Crippen LogP contribution in [0.15, 0.2) is 42.5 Å². The van der Waals surface area contributed by atoms with Crippen LogP contribution in [0.25, 0.3) is 10.8 Å². The van der Waals surface area contributed by atoms with Gasteiger partial charge in [-0.1, -0.05) is 49.4 Å². The van der Waals surface area contributed by atoms with Crippen molar-refractivity contribution < 1.29 is 4.79 Å². The lowest BCUT2D eigenvalue weighted by molar-refractivity contribution is 0.189. The Morgan fingerprint density at radius 2 is 1.78 bits per heavy atom. The molecular formula is C19H27N3O. The third-order valence-electron chi connectivity index (χ3n) is 3.87. The Labute approximate surface area is 139 Å². The second-order valence-corrected chi connectivity index (χ2v) is 6.10. The summed E-state index contributed by atoms with van der Waals surface area (Å²) in [7, 11) is 4.06. The Balaban J connectivity index is 2.19. The second-order valence-electron chi connectivity index (χ2n) is 6.10.